The number of piperidine rings is 2. The standard InChI is InChI=1S/C38H54F2N6O/c1-25(2)45-21-14-29(15-22-45)33-24-34-35-41-27(4)30-12-10-13-32(23-30)38(39,40)31-16-19-44(20-17-31)18-9-7-6-8-11-26(3)46(37(33)47)36(34)43-28(5)42-35/h10,12-13,23-27,29,31H,6-9,11,14-22H2,1-5H3,(H,41,42,43)/t26?,27-/m1/s1. The predicted molar refractivity (Wildman–Crippen MR) is 187 cm³/mol. The number of aromatic nitrogens is 3. The van der Waals surface area contributed by atoms with Crippen molar-refractivity contribution in [3.63, 3.8) is 0 Å². The lowest BCUT2D eigenvalue weighted by molar-refractivity contribution is -0.0855. The summed E-state index contributed by atoms with van der Waals surface area (Å²) in [7, 11) is 0. The molecule has 7 rings (SSSR count). The summed E-state index contributed by atoms with van der Waals surface area (Å²) in [4.78, 5) is 29.0. The van der Waals surface area contributed by atoms with Crippen LogP contribution in [0.2, 0.25) is 0 Å². The van der Waals surface area contributed by atoms with Gasteiger partial charge in [-0.25, -0.2) is 18.7 Å². The Morgan fingerprint density at radius 1 is 0.894 bits per heavy atom. The van der Waals surface area contributed by atoms with Gasteiger partial charge in [-0.3, -0.25) is 9.36 Å². The molecule has 6 heterocycles. The lowest BCUT2D eigenvalue weighted by Gasteiger charge is -2.36. The molecule has 2 saturated heterocycles. The van der Waals surface area contributed by atoms with E-state index in [-0.39, 0.29) is 29.1 Å². The molecule has 0 spiro atoms. The summed E-state index contributed by atoms with van der Waals surface area (Å²) in [6.45, 7) is 14.8. The van der Waals surface area contributed by atoms with E-state index in [4.69, 9.17) is 9.97 Å². The normalized spacial score (nSPS) is 26.7. The number of nitrogens with one attached hydrogen (secondary N) is 1. The van der Waals surface area contributed by atoms with Crippen molar-refractivity contribution < 1.29 is 8.78 Å². The zero-order chi connectivity index (χ0) is 33.3. The van der Waals surface area contributed by atoms with Crippen LogP contribution in [0.3, 0.4) is 0 Å². The van der Waals surface area contributed by atoms with Crippen LogP contribution in [0.1, 0.15) is 126 Å². The lowest BCUT2D eigenvalue weighted by atomic mass is 9.85. The first-order valence-corrected chi connectivity index (χ1v) is 18.2. The van der Waals surface area contributed by atoms with Crippen molar-refractivity contribution in [1.82, 2.24) is 24.3 Å². The maximum atomic E-state index is 16.0. The van der Waals surface area contributed by atoms with Crippen LogP contribution in [-0.4, -0.2) is 63.1 Å². The van der Waals surface area contributed by atoms with E-state index in [0.717, 1.165) is 94.2 Å². The molecule has 8 bridgehead atoms. The minimum atomic E-state index is -2.88. The number of alkyl halides is 2. The Kier molecular flexibility index (Phi) is 10.3. The van der Waals surface area contributed by atoms with Gasteiger partial charge in [0.1, 0.15) is 17.3 Å². The fraction of sp³-hybridized carbons (Fsp3) is 0.658. The number of hydrogen-bond donors (Lipinski definition) is 1. The molecule has 2 fully saturated rings. The van der Waals surface area contributed by atoms with Crippen LogP contribution in [0.4, 0.5) is 14.6 Å². The molecule has 256 valence electrons. The van der Waals surface area contributed by atoms with Crippen LogP contribution >= 0.6 is 0 Å². The van der Waals surface area contributed by atoms with Crippen LogP contribution in [0.15, 0.2) is 35.1 Å². The average molecular weight is 649 g/mol. The summed E-state index contributed by atoms with van der Waals surface area (Å²) >= 11 is 0. The topological polar surface area (TPSA) is 66.3 Å². The first-order valence-electron chi connectivity index (χ1n) is 18.2. The van der Waals surface area contributed by atoms with Crippen molar-refractivity contribution in [3.8, 4) is 0 Å². The van der Waals surface area contributed by atoms with E-state index in [2.05, 4.69) is 35.9 Å². The second-order valence-electron chi connectivity index (χ2n) is 14.8. The molecule has 4 aliphatic heterocycles. The maximum Gasteiger partial charge on any atom is 0.276 e. The Balaban J connectivity index is 1.42. The van der Waals surface area contributed by atoms with Crippen LogP contribution in [0, 0.1) is 12.8 Å². The third-order valence-electron chi connectivity index (χ3n) is 11.2. The number of rotatable bonds is 2. The Labute approximate surface area is 279 Å². The van der Waals surface area contributed by atoms with E-state index in [1.54, 1.807) is 18.2 Å². The molecule has 0 radical (unpaired) electrons. The molecule has 0 aliphatic carbocycles. The number of aryl methyl sites for hydroxylation is 1. The van der Waals surface area contributed by atoms with E-state index in [1.807, 2.05) is 30.5 Å². The summed E-state index contributed by atoms with van der Waals surface area (Å²) in [5.41, 5.74) is 2.46. The summed E-state index contributed by atoms with van der Waals surface area (Å²) in [6.07, 6.45) is 8.12. The van der Waals surface area contributed by atoms with Crippen LogP contribution < -0.4 is 10.9 Å². The molecular formula is C38H54F2N6O. The van der Waals surface area contributed by atoms with Crippen molar-refractivity contribution in [2.45, 2.75) is 122 Å². The molecule has 2 aromatic heterocycles. The van der Waals surface area contributed by atoms with Gasteiger partial charge in [-0.1, -0.05) is 37.5 Å². The average Bonchev–Trinajstić information content (AvgIpc) is 3.06. The van der Waals surface area contributed by atoms with E-state index in [0.29, 0.717) is 36.2 Å². The number of halogens is 2. The molecule has 3 aromatic rings. The number of nitrogens with zero attached hydrogens (tertiary/aromatic N) is 5. The van der Waals surface area contributed by atoms with E-state index in [9.17, 15) is 4.79 Å². The number of anilines is 1. The molecule has 1 unspecified atom stereocenters. The molecule has 1 N–H and O–H groups in total. The highest BCUT2D eigenvalue weighted by Gasteiger charge is 2.42. The Morgan fingerprint density at radius 3 is 2.34 bits per heavy atom. The summed E-state index contributed by atoms with van der Waals surface area (Å²) in [6, 6.07) is 9.16. The van der Waals surface area contributed by atoms with Gasteiger partial charge >= 0.3 is 0 Å². The van der Waals surface area contributed by atoms with Gasteiger partial charge in [-0.15, -0.1) is 0 Å². The monoisotopic (exact) mass is 648 g/mol. The van der Waals surface area contributed by atoms with Crippen LogP contribution in [0.5, 0.6) is 0 Å². The Hall–Kier alpha value is -2.91. The fourth-order valence-electron chi connectivity index (χ4n) is 8.19. The summed E-state index contributed by atoms with van der Waals surface area (Å²) < 4.78 is 33.9. The quantitative estimate of drug-likeness (QED) is 0.302. The highest BCUT2D eigenvalue weighted by molar-refractivity contribution is 5.87. The van der Waals surface area contributed by atoms with Gasteiger partial charge in [0.25, 0.3) is 11.5 Å². The van der Waals surface area contributed by atoms with Crippen molar-refractivity contribution >= 4 is 16.9 Å². The number of fused-ring (bicyclic) bond motifs is 9. The SMILES string of the molecule is Cc1nc2c3cc(C4CCN(C(C)C)CC4)c(=O)n(c3n1)C(C)CCCCCCN1CCC(CC1)C(F)(F)c1cccc(c1)[C@@H](C)N2. The van der Waals surface area contributed by atoms with Crippen LogP contribution in [0.25, 0.3) is 11.0 Å². The van der Waals surface area contributed by atoms with Crippen molar-refractivity contribution in [1.29, 1.82) is 0 Å². The van der Waals surface area contributed by atoms with Gasteiger partial charge in [0.2, 0.25) is 0 Å². The number of pyridine rings is 1. The summed E-state index contributed by atoms with van der Waals surface area (Å²) in [5, 5.41) is 4.41. The zero-order valence-electron chi connectivity index (χ0n) is 29.1. The highest BCUT2D eigenvalue weighted by atomic mass is 19.3. The smallest absolute Gasteiger partial charge is 0.276 e. The molecule has 47 heavy (non-hydrogen) atoms. The lowest BCUT2D eigenvalue weighted by Crippen LogP contribution is -2.40. The molecule has 2 atom stereocenters. The number of hydrogen-bond acceptors (Lipinski definition) is 6. The highest BCUT2D eigenvalue weighted by Crippen LogP contribution is 2.42. The van der Waals surface area contributed by atoms with Crippen molar-refractivity contribution in [2.75, 3.05) is 38.0 Å². The van der Waals surface area contributed by atoms with E-state index < -0.39 is 11.8 Å². The zero-order valence-corrected chi connectivity index (χ0v) is 29.1. The predicted octanol–water partition coefficient (Wildman–Crippen LogP) is 8.19. The van der Waals surface area contributed by atoms with Crippen LogP contribution in [-0.2, 0) is 5.92 Å². The molecule has 0 amide bonds. The van der Waals surface area contributed by atoms with Gasteiger partial charge in [-0.2, -0.15) is 0 Å². The first-order chi connectivity index (χ1) is 22.5. The second kappa shape index (κ2) is 14.3. The van der Waals surface area contributed by atoms with E-state index in [1.165, 1.54) is 0 Å². The third kappa shape index (κ3) is 7.26. The number of benzene rings is 1. The molecule has 0 saturated carbocycles. The van der Waals surface area contributed by atoms with Gasteiger partial charge in [0.05, 0.1) is 5.39 Å². The molecular weight excluding hydrogens is 594 g/mol. The Morgan fingerprint density at radius 2 is 1.62 bits per heavy atom. The molecule has 1 aromatic carbocycles. The minimum Gasteiger partial charge on any atom is -0.363 e. The molecule has 7 nitrogen and oxygen atoms in total. The van der Waals surface area contributed by atoms with Gasteiger partial charge in [-0.05, 0) is 129 Å². The largest absolute Gasteiger partial charge is 0.363 e. The summed E-state index contributed by atoms with van der Waals surface area (Å²) in [5.74, 6) is -2.13. The minimum absolute atomic E-state index is 0.00711. The van der Waals surface area contributed by atoms with Crippen molar-refractivity contribution in [3.05, 3.63) is 63.2 Å². The van der Waals surface area contributed by atoms with Gasteiger partial charge in [0.15, 0.2) is 0 Å². The van der Waals surface area contributed by atoms with E-state index >= 15 is 8.78 Å². The van der Waals surface area contributed by atoms with Gasteiger partial charge < -0.3 is 15.1 Å². The molecule has 4 aliphatic rings. The third-order valence-corrected chi connectivity index (χ3v) is 11.2. The van der Waals surface area contributed by atoms with Crippen molar-refractivity contribution in [2.24, 2.45) is 5.92 Å². The molecule has 9 heteroatoms. The Bertz CT molecular complexity index is 1590. The number of likely N-dealkylation sites (tertiary alicyclic amines) is 1. The fourth-order valence-corrected chi connectivity index (χ4v) is 8.19. The first kappa shape index (κ1) is 34.0. The second-order valence-corrected chi connectivity index (χ2v) is 14.8. The maximum absolute atomic E-state index is 16.0. The van der Waals surface area contributed by atoms with Gasteiger partial charge in [0, 0.05) is 35.2 Å².